The molecule has 2 aromatic heterocycles. The summed E-state index contributed by atoms with van der Waals surface area (Å²) >= 11 is 0. The number of aromatic amines is 2. The molecular weight excluding hydrogens is 328 g/mol. The molecule has 7 nitrogen and oxygen atoms in total. The molecule has 3 N–H and O–H groups in total. The zero-order valence-corrected chi connectivity index (χ0v) is 15.6. The van der Waals surface area contributed by atoms with Gasteiger partial charge in [-0.1, -0.05) is 12.5 Å². The SMILES string of the molecule is C/C=C\c1[nH]cc(-c2nnc(NCCCN3CCCCC3)[nH]c2=O)c1C. The molecule has 7 heteroatoms. The number of likely N-dealkylation sites (tertiary alicyclic amines) is 1. The first-order chi connectivity index (χ1) is 12.7. The summed E-state index contributed by atoms with van der Waals surface area (Å²) in [4.78, 5) is 20.9. The number of H-pyrrole nitrogens is 2. The Bertz CT molecular complexity index is 801. The molecule has 3 rings (SSSR count). The molecule has 0 spiro atoms. The third-order valence-electron chi connectivity index (χ3n) is 4.86. The van der Waals surface area contributed by atoms with Crippen molar-refractivity contribution in [2.75, 3.05) is 31.5 Å². The Balaban J connectivity index is 1.58. The van der Waals surface area contributed by atoms with Gasteiger partial charge >= 0.3 is 0 Å². The van der Waals surface area contributed by atoms with E-state index in [-0.39, 0.29) is 5.56 Å². The van der Waals surface area contributed by atoms with E-state index in [1.165, 1.54) is 32.4 Å². The molecule has 1 aliphatic heterocycles. The zero-order valence-electron chi connectivity index (χ0n) is 15.6. The maximum Gasteiger partial charge on any atom is 0.279 e. The summed E-state index contributed by atoms with van der Waals surface area (Å²) in [6.07, 6.45) is 10.7. The first-order valence-electron chi connectivity index (χ1n) is 9.43. The molecule has 0 aromatic carbocycles. The molecule has 1 aliphatic rings. The van der Waals surface area contributed by atoms with Crippen LogP contribution in [0.1, 0.15) is 43.9 Å². The Morgan fingerprint density at radius 1 is 1.27 bits per heavy atom. The maximum atomic E-state index is 12.4. The Morgan fingerprint density at radius 2 is 2.08 bits per heavy atom. The molecule has 2 aromatic rings. The first kappa shape index (κ1) is 18.4. The van der Waals surface area contributed by atoms with Gasteiger partial charge in [0.2, 0.25) is 5.95 Å². The lowest BCUT2D eigenvalue weighted by molar-refractivity contribution is 0.228. The first-order valence-corrected chi connectivity index (χ1v) is 9.43. The van der Waals surface area contributed by atoms with Gasteiger partial charge in [-0.3, -0.25) is 9.78 Å². The Hall–Kier alpha value is -2.41. The molecule has 1 fully saturated rings. The summed E-state index contributed by atoms with van der Waals surface area (Å²) in [5, 5.41) is 11.4. The number of anilines is 1. The van der Waals surface area contributed by atoms with E-state index in [2.05, 4.69) is 30.4 Å². The highest BCUT2D eigenvalue weighted by Gasteiger charge is 2.14. The number of hydrogen-bond donors (Lipinski definition) is 3. The topological polar surface area (TPSA) is 89.7 Å². The van der Waals surface area contributed by atoms with Gasteiger partial charge in [-0.2, -0.15) is 0 Å². The van der Waals surface area contributed by atoms with E-state index < -0.39 is 0 Å². The molecule has 26 heavy (non-hydrogen) atoms. The maximum absolute atomic E-state index is 12.4. The minimum Gasteiger partial charge on any atom is -0.361 e. The number of hydrogen-bond acceptors (Lipinski definition) is 5. The monoisotopic (exact) mass is 356 g/mol. The minimum absolute atomic E-state index is 0.229. The summed E-state index contributed by atoms with van der Waals surface area (Å²) in [6, 6.07) is 0. The number of allylic oxidation sites excluding steroid dienone is 1. The van der Waals surface area contributed by atoms with E-state index in [0.29, 0.717) is 11.6 Å². The molecule has 0 aliphatic carbocycles. The normalized spacial score (nSPS) is 15.6. The van der Waals surface area contributed by atoms with Crippen molar-refractivity contribution in [1.82, 2.24) is 25.1 Å². The second-order valence-electron chi connectivity index (χ2n) is 6.77. The number of nitrogens with zero attached hydrogens (tertiary/aromatic N) is 3. The zero-order chi connectivity index (χ0) is 18.4. The number of piperidine rings is 1. The van der Waals surface area contributed by atoms with Crippen LogP contribution in [0.2, 0.25) is 0 Å². The lowest BCUT2D eigenvalue weighted by Crippen LogP contribution is -2.31. The average molecular weight is 356 g/mol. The van der Waals surface area contributed by atoms with Crippen molar-refractivity contribution >= 4 is 12.0 Å². The molecule has 0 radical (unpaired) electrons. The fourth-order valence-electron chi connectivity index (χ4n) is 3.38. The van der Waals surface area contributed by atoms with Gasteiger partial charge in [0, 0.05) is 24.0 Å². The average Bonchev–Trinajstić information content (AvgIpc) is 3.01. The number of aromatic nitrogens is 4. The molecule has 0 bridgehead atoms. The molecule has 1 saturated heterocycles. The highest BCUT2D eigenvalue weighted by molar-refractivity contribution is 5.68. The van der Waals surface area contributed by atoms with Crippen LogP contribution in [-0.2, 0) is 0 Å². The number of rotatable bonds is 7. The molecule has 3 heterocycles. The van der Waals surface area contributed by atoms with Gasteiger partial charge in [-0.05, 0) is 64.4 Å². The molecule has 0 saturated carbocycles. The van der Waals surface area contributed by atoms with E-state index >= 15 is 0 Å². The molecular formula is C19H28N6O. The van der Waals surface area contributed by atoms with Crippen molar-refractivity contribution in [2.24, 2.45) is 0 Å². The van der Waals surface area contributed by atoms with Gasteiger partial charge in [0.05, 0.1) is 0 Å². The van der Waals surface area contributed by atoms with Gasteiger partial charge in [0.1, 0.15) is 0 Å². The van der Waals surface area contributed by atoms with Crippen LogP contribution in [0, 0.1) is 6.92 Å². The van der Waals surface area contributed by atoms with Crippen LogP contribution < -0.4 is 10.9 Å². The smallest absolute Gasteiger partial charge is 0.279 e. The second kappa shape index (κ2) is 8.80. The predicted molar refractivity (Wildman–Crippen MR) is 105 cm³/mol. The number of nitrogens with one attached hydrogen (secondary N) is 3. The van der Waals surface area contributed by atoms with Gasteiger partial charge in [-0.15, -0.1) is 10.2 Å². The van der Waals surface area contributed by atoms with Crippen LogP contribution in [0.3, 0.4) is 0 Å². The molecule has 0 unspecified atom stereocenters. The van der Waals surface area contributed by atoms with Crippen molar-refractivity contribution in [1.29, 1.82) is 0 Å². The quantitative estimate of drug-likeness (QED) is 0.664. The third-order valence-corrected chi connectivity index (χ3v) is 4.86. The van der Waals surface area contributed by atoms with E-state index in [1.807, 2.05) is 26.0 Å². The lowest BCUT2D eigenvalue weighted by atomic mass is 10.1. The van der Waals surface area contributed by atoms with Crippen molar-refractivity contribution in [3.05, 3.63) is 33.9 Å². The third kappa shape index (κ3) is 4.40. The highest BCUT2D eigenvalue weighted by Crippen LogP contribution is 2.22. The van der Waals surface area contributed by atoms with Crippen LogP contribution in [0.25, 0.3) is 17.3 Å². The van der Waals surface area contributed by atoms with Crippen molar-refractivity contribution in [3.63, 3.8) is 0 Å². The lowest BCUT2D eigenvalue weighted by Gasteiger charge is -2.26. The van der Waals surface area contributed by atoms with E-state index in [9.17, 15) is 4.79 Å². The summed E-state index contributed by atoms with van der Waals surface area (Å²) < 4.78 is 0. The molecule has 140 valence electrons. The summed E-state index contributed by atoms with van der Waals surface area (Å²) in [5.74, 6) is 0.430. The van der Waals surface area contributed by atoms with E-state index in [0.717, 1.165) is 36.3 Å². The van der Waals surface area contributed by atoms with Gasteiger partial charge in [0.25, 0.3) is 5.56 Å². The van der Waals surface area contributed by atoms with Crippen LogP contribution in [0.15, 0.2) is 17.1 Å². The largest absolute Gasteiger partial charge is 0.361 e. The second-order valence-corrected chi connectivity index (χ2v) is 6.77. The highest BCUT2D eigenvalue weighted by atomic mass is 16.1. The minimum atomic E-state index is -0.229. The van der Waals surface area contributed by atoms with Crippen LogP contribution >= 0.6 is 0 Å². The van der Waals surface area contributed by atoms with Crippen LogP contribution in [0.4, 0.5) is 5.95 Å². The summed E-state index contributed by atoms with van der Waals surface area (Å²) in [5.41, 5.74) is 2.86. The summed E-state index contributed by atoms with van der Waals surface area (Å²) in [7, 11) is 0. The predicted octanol–water partition coefficient (Wildman–Crippen LogP) is 2.79. The van der Waals surface area contributed by atoms with Crippen molar-refractivity contribution < 1.29 is 0 Å². The van der Waals surface area contributed by atoms with Crippen LogP contribution in [0.5, 0.6) is 0 Å². The van der Waals surface area contributed by atoms with Gasteiger partial charge in [-0.25, -0.2) is 0 Å². The fraction of sp³-hybridized carbons (Fsp3) is 0.526. The standard InChI is InChI=1S/C19H28N6O/c1-3-8-16-14(2)15(13-21-16)17-18(26)22-19(24-23-17)20-9-7-12-25-10-5-4-6-11-25/h3,8,13,21H,4-7,9-12H2,1-2H3,(H2,20,22,24,26)/b8-3-. The van der Waals surface area contributed by atoms with Crippen LogP contribution in [-0.4, -0.2) is 51.2 Å². The Morgan fingerprint density at radius 3 is 2.81 bits per heavy atom. The Labute approximate surface area is 153 Å². The fourth-order valence-corrected chi connectivity index (χ4v) is 3.38. The van der Waals surface area contributed by atoms with Gasteiger partial charge in [0.15, 0.2) is 5.69 Å². The van der Waals surface area contributed by atoms with E-state index in [4.69, 9.17) is 0 Å². The molecule has 0 amide bonds. The van der Waals surface area contributed by atoms with Gasteiger partial charge < -0.3 is 15.2 Å². The Kier molecular flexibility index (Phi) is 6.22. The van der Waals surface area contributed by atoms with E-state index in [1.54, 1.807) is 6.20 Å². The molecule has 0 atom stereocenters. The van der Waals surface area contributed by atoms with Crippen molar-refractivity contribution in [2.45, 2.75) is 39.5 Å². The summed E-state index contributed by atoms with van der Waals surface area (Å²) in [6.45, 7) is 8.19. The van der Waals surface area contributed by atoms with Crippen molar-refractivity contribution in [3.8, 4) is 11.3 Å².